The zero-order valence-corrected chi connectivity index (χ0v) is 7.88. The third-order valence-electron chi connectivity index (χ3n) is 1.76. The molecular formula is C10H9N3O2. The van der Waals surface area contributed by atoms with E-state index >= 15 is 0 Å². The molecule has 1 aliphatic rings. The van der Waals surface area contributed by atoms with Crippen molar-refractivity contribution in [2.75, 3.05) is 6.61 Å². The molecular weight excluding hydrogens is 194 g/mol. The zero-order valence-electron chi connectivity index (χ0n) is 7.88. The molecule has 15 heavy (non-hydrogen) atoms. The van der Waals surface area contributed by atoms with Crippen molar-refractivity contribution in [2.45, 2.75) is 0 Å². The Hall–Kier alpha value is -2.17. The first-order valence-corrected chi connectivity index (χ1v) is 4.45. The molecule has 0 unspecified atom stereocenters. The number of rotatable bonds is 2. The number of H-pyrrole nitrogens is 1. The molecule has 0 atom stereocenters. The monoisotopic (exact) mass is 203 g/mol. The highest BCUT2D eigenvalue weighted by Crippen LogP contribution is 2.10. The first-order chi connectivity index (χ1) is 7.36. The van der Waals surface area contributed by atoms with Crippen molar-refractivity contribution in [3.63, 3.8) is 0 Å². The molecule has 2 rings (SSSR count). The van der Waals surface area contributed by atoms with E-state index in [-0.39, 0.29) is 11.2 Å². The van der Waals surface area contributed by atoms with Crippen molar-refractivity contribution < 1.29 is 4.74 Å². The lowest BCUT2D eigenvalue weighted by atomic mass is 10.4. The van der Waals surface area contributed by atoms with E-state index in [1.165, 1.54) is 0 Å². The second-order valence-electron chi connectivity index (χ2n) is 2.83. The third-order valence-corrected chi connectivity index (χ3v) is 1.76. The minimum atomic E-state index is -0.270. The molecule has 2 heterocycles. The molecule has 1 N–H and O–H groups in total. The van der Waals surface area contributed by atoms with Crippen LogP contribution in [0, 0.1) is 0 Å². The normalized spacial score (nSPS) is 15.1. The first-order valence-electron chi connectivity index (χ1n) is 4.45. The quantitative estimate of drug-likeness (QED) is 0.746. The maximum atomic E-state index is 11.2. The molecule has 0 aromatic carbocycles. The number of ether oxygens (including phenoxy) is 1. The van der Waals surface area contributed by atoms with Gasteiger partial charge in [-0.2, -0.15) is 0 Å². The Kier molecular flexibility index (Phi) is 2.73. The van der Waals surface area contributed by atoms with Crippen LogP contribution in [0.5, 0.6) is 0 Å². The van der Waals surface area contributed by atoms with E-state index in [1.807, 2.05) is 12.2 Å². The summed E-state index contributed by atoms with van der Waals surface area (Å²) in [5.41, 5.74) is -0.00949. The molecule has 1 aromatic heterocycles. The molecule has 0 saturated carbocycles. The van der Waals surface area contributed by atoms with Gasteiger partial charge in [0.2, 0.25) is 5.88 Å². The van der Waals surface area contributed by atoms with E-state index in [2.05, 4.69) is 15.2 Å². The number of nitrogens with one attached hydrogen (secondary N) is 1. The molecule has 5 nitrogen and oxygen atoms in total. The Morgan fingerprint density at radius 3 is 3.07 bits per heavy atom. The van der Waals surface area contributed by atoms with E-state index in [9.17, 15) is 4.79 Å². The largest absolute Gasteiger partial charge is 0.472 e. The van der Waals surface area contributed by atoms with Crippen molar-refractivity contribution in [1.29, 1.82) is 0 Å². The first kappa shape index (κ1) is 9.39. The van der Waals surface area contributed by atoms with E-state index in [0.29, 0.717) is 12.5 Å². The molecule has 0 bridgehead atoms. The Morgan fingerprint density at radius 1 is 1.40 bits per heavy atom. The Bertz CT molecular complexity index is 485. The smallest absolute Gasteiger partial charge is 0.275 e. The van der Waals surface area contributed by atoms with Crippen molar-refractivity contribution in [1.82, 2.24) is 4.98 Å². The van der Waals surface area contributed by atoms with Crippen molar-refractivity contribution in [3.05, 3.63) is 52.8 Å². The van der Waals surface area contributed by atoms with Crippen LogP contribution in [0.25, 0.3) is 0 Å². The number of azo groups is 1. The summed E-state index contributed by atoms with van der Waals surface area (Å²) in [5, 5.41) is 7.59. The van der Waals surface area contributed by atoms with Crippen molar-refractivity contribution >= 4 is 5.69 Å². The maximum Gasteiger partial charge on any atom is 0.275 e. The van der Waals surface area contributed by atoms with Gasteiger partial charge in [0.15, 0.2) is 5.69 Å². The minimum Gasteiger partial charge on any atom is -0.472 e. The summed E-state index contributed by atoms with van der Waals surface area (Å²) < 4.78 is 5.14. The Morgan fingerprint density at radius 2 is 2.33 bits per heavy atom. The van der Waals surface area contributed by atoms with E-state index in [4.69, 9.17) is 4.74 Å². The van der Waals surface area contributed by atoms with Crippen molar-refractivity contribution in [2.24, 2.45) is 10.2 Å². The molecule has 5 heteroatoms. The molecule has 0 fully saturated rings. The van der Waals surface area contributed by atoms with Crippen molar-refractivity contribution in [3.8, 4) is 0 Å². The number of aromatic amines is 1. The van der Waals surface area contributed by atoms with Gasteiger partial charge in [0, 0.05) is 12.3 Å². The van der Waals surface area contributed by atoms with Gasteiger partial charge in [0.25, 0.3) is 5.56 Å². The van der Waals surface area contributed by atoms with Crippen LogP contribution in [0.3, 0.4) is 0 Å². The summed E-state index contributed by atoms with van der Waals surface area (Å²) in [7, 11) is 0. The molecule has 0 amide bonds. The number of allylic oxidation sites excluding steroid dienone is 2. The fourth-order valence-electron chi connectivity index (χ4n) is 1.04. The third kappa shape index (κ3) is 2.40. The second-order valence-corrected chi connectivity index (χ2v) is 2.83. The van der Waals surface area contributed by atoms with E-state index < -0.39 is 0 Å². The minimum absolute atomic E-state index is 0.261. The molecule has 1 aliphatic heterocycles. The van der Waals surface area contributed by atoms with Gasteiger partial charge in [-0.05, 0) is 18.2 Å². The highest BCUT2D eigenvalue weighted by atomic mass is 16.5. The summed E-state index contributed by atoms with van der Waals surface area (Å²) in [5.74, 6) is 0.403. The molecule has 0 radical (unpaired) electrons. The maximum absolute atomic E-state index is 11.2. The standard InChI is InChI=1S/C10H9N3O2/c14-10-8(4-3-6-11-10)12-13-9-5-1-2-7-15-9/h1-6H,7H2,(H,11,14). The fraction of sp³-hybridized carbons (Fsp3) is 0.100. The number of hydrogen-bond donors (Lipinski definition) is 1. The van der Waals surface area contributed by atoms with Crippen LogP contribution in [0.4, 0.5) is 5.69 Å². The summed E-state index contributed by atoms with van der Waals surface area (Å²) in [4.78, 5) is 13.7. The summed E-state index contributed by atoms with van der Waals surface area (Å²) in [6.45, 7) is 0.482. The summed E-state index contributed by atoms with van der Waals surface area (Å²) >= 11 is 0. The predicted octanol–water partition coefficient (Wildman–Crippen LogP) is 1.89. The summed E-state index contributed by atoms with van der Waals surface area (Å²) in [6.07, 6.45) is 6.91. The molecule has 76 valence electrons. The zero-order chi connectivity index (χ0) is 10.5. The van der Waals surface area contributed by atoms with Crippen LogP contribution in [-0.4, -0.2) is 11.6 Å². The van der Waals surface area contributed by atoms with Gasteiger partial charge in [0.05, 0.1) is 0 Å². The van der Waals surface area contributed by atoms with Crippen LogP contribution < -0.4 is 5.56 Å². The average Bonchev–Trinajstić information content (AvgIpc) is 2.29. The lowest BCUT2D eigenvalue weighted by molar-refractivity contribution is 0.238. The molecule has 0 spiro atoms. The van der Waals surface area contributed by atoms with Crippen LogP contribution in [-0.2, 0) is 4.74 Å². The molecule has 0 saturated heterocycles. The Labute approximate surface area is 85.8 Å². The topological polar surface area (TPSA) is 66.8 Å². The van der Waals surface area contributed by atoms with Gasteiger partial charge >= 0.3 is 0 Å². The fourth-order valence-corrected chi connectivity index (χ4v) is 1.04. The number of hydrogen-bond acceptors (Lipinski definition) is 4. The van der Waals surface area contributed by atoms with Crippen LogP contribution in [0.15, 0.2) is 57.5 Å². The van der Waals surface area contributed by atoms with Gasteiger partial charge in [-0.1, -0.05) is 6.08 Å². The Balaban J connectivity index is 2.18. The lowest BCUT2D eigenvalue weighted by Gasteiger charge is -2.03. The van der Waals surface area contributed by atoms with Gasteiger partial charge in [0.1, 0.15) is 6.61 Å². The number of aromatic nitrogens is 1. The highest BCUT2D eigenvalue weighted by molar-refractivity contribution is 5.31. The van der Waals surface area contributed by atoms with Gasteiger partial charge in [-0.3, -0.25) is 4.79 Å². The van der Waals surface area contributed by atoms with E-state index in [1.54, 1.807) is 24.4 Å². The van der Waals surface area contributed by atoms with E-state index in [0.717, 1.165) is 0 Å². The van der Waals surface area contributed by atoms with Gasteiger partial charge in [-0.15, -0.1) is 10.2 Å². The van der Waals surface area contributed by atoms with Crippen LogP contribution >= 0.6 is 0 Å². The highest BCUT2D eigenvalue weighted by Gasteiger charge is 1.99. The molecule has 1 aromatic rings. The molecule has 0 aliphatic carbocycles. The van der Waals surface area contributed by atoms with Gasteiger partial charge < -0.3 is 9.72 Å². The summed E-state index contributed by atoms with van der Waals surface area (Å²) in [6, 6.07) is 3.27. The second kappa shape index (κ2) is 4.36. The lowest BCUT2D eigenvalue weighted by Crippen LogP contribution is -2.02. The number of nitrogens with zero attached hydrogens (tertiary/aromatic N) is 2. The van der Waals surface area contributed by atoms with Crippen LogP contribution in [0.2, 0.25) is 0 Å². The van der Waals surface area contributed by atoms with Crippen LogP contribution in [0.1, 0.15) is 0 Å². The SMILES string of the molecule is O=c1[nH]cccc1N=NC1=CC=CCO1. The van der Waals surface area contributed by atoms with Gasteiger partial charge in [-0.25, -0.2) is 0 Å². The predicted molar refractivity (Wildman–Crippen MR) is 54.8 cm³/mol. The number of pyridine rings is 1. The average molecular weight is 203 g/mol.